The molecule has 0 unspecified atom stereocenters. The zero-order valence-corrected chi connectivity index (χ0v) is 17.1. The Bertz CT molecular complexity index is 608. The zero-order chi connectivity index (χ0) is 19.0. The second-order valence-electron chi connectivity index (χ2n) is 7.89. The summed E-state index contributed by atoms with van der Waals surface area (Å²) in [6, 6.07) is 9.30. The van der Waals surface area contributed by atoms with Gasteiger partial charge in [-0.15, -0.1) is 11.8 Å². The van der Waals surface area contributed by atoms with Gasteiger partial charge in [0.25, 0.3) is 0 Å². The Balaban J connectivity index is 1.44. The number of hydrogen-bond acceptors (Lipinski definition) is 4. The van der Waals surface area contributed by atoms with Crippen molar-refractivity contribution in [3.8, 4) is 0 Å². The summed E-state index contributed by atoms with van der Waals surface area (Å²) in [4.78, 5) is 27.2. The van der Waals surface area contributed by atoms with E-state index in [9.17, 15) is 9.59 Å². The van der Waals surface area contributed by atoms with Crippen LogP contribution in [0.2, 0.25) is 0 Å². The molecule has 2 aliphatic rings. The largest absolute Gasteiger partial charge is 0.354 e. The topological polar surface area (TPSA) is 49.4 Å². The number of benzene rings is 1. The summed E-state index contributed by atoms with van der Waals surface area (Å²) in [6.07, 6.45) is 10.2. The quantitative estimate of drug-likeness (QED) is 0.686. The van der Waals surface area contributed by atoms with Gasteiger partial charge < -0.3 is 5.32 Å². The van der Waals surface area contributed by atoms with E-state index >= 15 is 0 Å². The molecule has 4 nitrogen and oxygen atoms in total. The summed E-state index contributed by atoms with van der Waals surface area (Å²) in [7, 11) is 0. The van der Waals surface area contributed by atoms with Gasteiger partial charge in [0.05, 0.1) is 11.5 Å². The van der Waals surface area contributed by atoms with E-state index in [0.29, 0.717) is 11.5 Å². The van der Waals surface area contributed by atoms with E-state index in [4.69, 9.17) is 0 Å². The van der Waals surface area contributed by atoms with Gasteiger partial charge in [-0.1, -0.05) is 56.0 Å². The number of Topliss-reactive ketones (excluding diaryl/α,β-unsaturated/α-hetero) is 1. The van der Waals surface area contributed by atoms with Gasteiger partial charge in [-0.25, -0.2) is 0 Å². The first-order valence-corrected chi connectivity index (χ1v) is 11.5. The van der Waals surface area contributed by atoms with Gasteiger partial charge >= 0.3 is 0 Å². The van der Waals surface area contributed by atoms with Gasteiger partial charge in [-0.3, -0.25) is 14.5 Å². The van der Waals surface area contributed by atoms with Crippen molar-refractivity contribution in [2.24, 2.45) is 0 Å². The highest BCUT2D eigenvalue weighted by atomic mass is 32.2. The number of piperidine rings is 1. The number of nitrogens with zero attached hydrogens (tertiary/aromatic N) is 1. The molecule has 1 aromatic carbocycles. The lowest BCUT2D eigenvalue weighted by Crippen LogP contribution is -2.58. The van der Waals surface area contributed by atoms with Gasteiger partial charge in [0.1, 0.15) is 0 Å². The number of thioether (sulfide) groups is 1. The lowest BCUT2D eigenvalue weighted by Gasteiger charge is -2.48. The normalized spacial score (nSPS) is 20.1. The highest BCUT2D eigenvalue weighted by Gasteiger charge is 2.38. The minimum absolute atomic E-state index is 0.0582. The van der Waals surface area contributed by atoms with Crippen LogP contribution in [0.25, 0.3) is 0 Å². The summed E-state index contributed by atoms with van der Waals surface area (Å²) >= 11 is 1.41. The smallest absolute Gasteiger partial charge is 0.230 e. The molecule has 1 aliphatic heterocycles. The molecular formula is C22H32N2O2S. The van der Waals surface area contributed by atoms with E-state index in [-0.39, 0.29) is 17.2 Å². The molecule has 1 aromatic rings. The van der Waals surface area contributed by atoms with Crippen molar-refractivity contribution in [3.63, 3.8) is 0 Å². The van der Waals surface area contributed by atoms with Crippen LogP contribution in [0.1, 0.15) is 61.7 Å². The first kappa shape index (κ1) is 20.4. The van der Waals surface area contributed by atoms with Crippen molar-refractivity contribution < 1.29 is 9.59 Å². The molecule has 1 heterocycles. The lowest BCUT2D eigenvalue weighted by atomic mass is 9.79. The Morgan fingerprint density at radius 1 is 0.926 bits per heavy atom. The summed E-state index contributed by atoms with van der Waals surface area (Å²) in [5.41, 5.74) is 0.885. The number of nitrogens with one attached hydrogen (secondary N) is 1. The Kier molecular flexibility index (Phi) is 7.77. The minimum atomic E-state index is 0.0582. The molecule has 1 N–H and O–H groups in total. The van der Waals surface area contributed by atoms with E-state index in [0.717, 1.165) is 12.1 Å². The summed E-state index contributed by atoms with van der Waals surface area (Å²) < 4.78 is 0. The number of ketones is 1. The number of carbonyl (C=O) groups is 2. The van der Waals surface area contributed by atoms with Crippen molar-refractivity contribution in [2.45, 2.75) is 56.9 Å². The van der Waals surface area contributed by atoms with E-state index in [1.165, 1.54) is 76.2 Å². The number of carbonyl (C=O) groups excluding carboxylic acids is 2. The molecule has 0 spiro atoms. The third kappa shape index (κ3) is 5.82. The van der Waals surface area contributed by atoms with E-state index in [1.807, 2.05) is 30.3 Å². The van der Waals surface area contributed by atoms with Gasteiger partial charge in [-0.2, -0.15) is 0 Å². The van der Waals surface area contributed by atoms with Crippen LogP contribution in [-0.2, 0) is 4.79 Å². The molecule has 5 heteroatoms. The molecule has 1 amide bonds. The third-order valence-corrected chi connectivity index (χ3v) is 6.92. The van der Waals surface area contributed by atoms with Gasteiger partial charge in [0, 0.05) is 17.6 Å². The first-order chi connectivity index (χ1) is 13.2. The average Bonchev–Trinajstić information content (AvgIpc) is 2.74. The standard InChI is InChI=1S/C22H32N2O2S/c25-20(19-10-4-1-5-11-19)16-27-17-21(26)23-18-22(12-6-2-7-13-22)24-14-8-3-9-15-24/h1,4-5,10-11H,2-3,6-9,12-18H2,(H,23,26). The SMILES string of the molecule is O=C(CSCC(=O)c1ccccc1)NCC1(N2CCCCC2)CCCCC1. The molecule has 0 aromatic heterocycles. The molecule has 27 heavy (non-hydrogen) atoms. The molecule has 0 bridgehead atoms. The van der Waals surface area contributed by atoms with Crippen LogP contribution in [0.15, 0.2) is 30.3 Å². The molecule has 3 rings (SSSR count). The summed E-state index contributed by atoms with van der Waals surface area (Å²) in [5.74, 6) is 0.858. The van der Waals surface area contributed by atoms with Crippen molar-refractivity contribution in [1.29, 1.82) is 0 Å². The Hall–Kier alpha value is -1.33. The predicted molar refractivity (Wildman–Crippen MR) is 112 cm³/mol. The Labute approximate surface area is 167 Å². The number of rotatable bonds is 8. The maximum absolute atomic E-state index is 12.4. The maximum atomic E-state index is 12.4. The van der Waals surface area contributed by atoms with Crippen molar-refractivity contribution >= 4 is 23.5 Å². The van der Waals surface area contributed by atoms with Gasteiger partial charge in [0.15, 0.2) is 5.78 Å². The van der Waals surface area contributed by atoms with Crippen molar-refractivity contribution in [2.75, 3.05) is 31.1 Å². The third-order valence-electron chi connectivity index (χ3n) is 5.99. The monoisotopic (exact) mass is 388 g/mol. The summed E-state index contributed by atoms with van der Waals surface area (Å²) in [6.45, 7) is 3.12. The molecule has 1 saturated carbocycles. The highest BCUT2D eigenvalue weighted by molar-refractivity contribution is 8.00. The second kappa shape index (κ2) is 10.3. The molecule has 2 fully saturated rings. The fourth-order valence-electron chi connectivity index (χ4n) is 4.44. The first-order valence-electron chi connectivity index (χ1n) is 10.4. The van der Waals surface area contributed by atoms with Crippen LogP contribution in [0.4, 0.5) is 0 Å². The number of likely N-dealkylation sites (tertiary alicyclic amines) is 1. The lowest BCUT2D eigenvalue weighted by molar-refractivity contribution is -0.119. The Morgan fingerprint density at radius 2 is 1.59 bits per heavy atom. The van der Waals surface area contributed by atoms with Crippen molar-refractivity contribution in [3.05, 3.63) is 35.9 Å². The molecular weight excluding hydrogens is 356 g/mol. The second-order valence-corrected chi connectivity index (χ2v) is 8.88. The van der Waals surface area contributed by atoms with Crippen LogP contribution >= 0.6 is 11.8 Å². The Morgan fingerprint density at radius 3 is 2.30 bits per heavy atom. The average molecular weight is 389 g/mol. The van der Waals surface area contributed by atoms with E-state index < -0.39 is 0 Å². The fourth-order valence-corrected chi connectivity index (χ4v) is 5.18. The molecule has 148 valence electrons. The molecule has 1 saturated heterocycles. The highest BCUT2D eigenvalue weighted by Crippen LogP contribution is 2.35. The van der Waals surface area contributed by atoms with E-state index in [1.54, 1.807) is 0 Å². The molecule has 0 atom stereocenters. The van der Waals surface area contributed by atoms with Gasteiger partial charge in [0.2, 0.25) is 5.91 Å². The van der Waals surface area contributed by atoms with Crippen LogP contribution in [0.5, 0.6) is 0 Å². The predicted octanol–water partition coefficient (Wildman–Crippen LogP) is 3.91. The number of hydrogen-bond donors (Lipinski definition) is 1. The maximum Gasteiger partial charge on any atom is 0.230 e. The molecule has 0 radical (unpaired) electrons. The van der Waals surface area contributed by atoms with Crippen LogP contribution in [0.3, 0.4) is 0 Å². The van der Waals surface area contributed by atoms with Crippen LogP contribution in [-0.4, -0.2) is 53.3 Å². The van der Waals surface area contributed by atoms with E-state index in [2.05, 4.69) is 10.2 Å². The molecule has 1 aliphatic carbocycles. The van der Waals surface area contributed by atoms with Crippen LogP contribution in [0, 0.1) is 0 Å². The van der Waals surface area contributed by atoms with Crippen LogP contribution < -0.4 is 5.32 Å². The van der Waals surface area contributed by atoms with Crippen molar-refractivity contribution in [1.82, 2.24) is 10.2 Å². The van der Waals surface area contributed by atoms with Gasteiger partial charge in [-0.05, 0) is 38.8 Å². The number of amides is 1. The summed E-state index contributed by atoms with van der Waals surface area (Å²) in [5, 5.41) is 3.19. The minimum Gasteiger partial charge on any atom is -0.354 e. The fraction of sp³-hybridized carbons (Fsp3) is 0.636. The zero-order valence-electron chi connectivity index (χ0n) is 16.3.